The summed E-state index contributed by atoms with van der Waals surface area (Å²) in [6.45, 7) is 9.35. The summed E-state index contributed by atoms with van der Waals surface area (Å²) in [4.78, 5) is 29.0. The van der Waals surface area contributed by atoms with Crippen LogP contribution in [-0.4, -0.2) is 64.4 Å². The molecular weight excluding hydrogens is 480 g/mol. The maximum absolute atomic E-state index is 13.0. The first-order valence-electron chi connectivity index (χ1n) is 13.9. The van der Waals surface area contributed by atoms with E-state index >= 15 is 0 Å². The number of carbonyl (C=O) groups is 2. The van der Waals surface area contributed by atoms with Gasteiger partial charge in [0.2, 0.25) is 0 Å². The van der Waals surface area contributed by atoms with Gasteiger partial charge in [0.1, 0.15) is 0 Å². The normalized spacial score (nSPS) is 19.0. The zero-order valence-corrected chi connectivity index (χ0v) is 23.0. The summed E-state index contributed by atoms with van der Waals surface area (Å²) in [5.41, 5.74) is 5.33. The fraction of sp³-hybridized carbons (Fsp3) is 0.533. The Morgan fingerprint density at radius 1 is 1.05 bits per heavy atom. The molecule has 2 heterocycles. The molecule has 2 aliphatic rings. The Morgan fingerprint density at radius 2 is 1.82 bits per heavy atom. The molecule has 2 N–H and O–H groups in total. The summed E-state index contributed by atoms with van der Waals surface area (Å²) >= 11 is 0. The molecule has 0 bridgehead atoms. The van der Waals surface area contributed by atoms with Crippen molar-refractivity contribution in [3.63, 3.8) is 0 Å². The maximum Gasteiger partial charge on any atom is 0.305 e. The van der Waals surface area contributed by atoms with Crippen LogP contribution in [0.3, 0.4) is 0 Å². The second-order valence-electron chi connectivity index (χ2n) is 10.1. The molecule has 8 nitrogen and oxygen atoms in total. The summed E-state index contributed by atoms with van der Waals surface area (Å²) in [6, 6.07) is 15.2. The first kappa shape index (κ1) is 27.8. The molecule has 4 rings (SSSR count). The number of amides is 1. The standard InChI is InChI=1S/C30H42N4O4/c1-4-34-22(2)20-27(32-24-10-12-25(13-11-24)33-16-18-38-19-17-33)26-21-23(9-14-28(26)34)30(36)31-15-7-5-6-8-29(35)37-3/h9-14,21-22,27,32H,4-8,15-20H2,1-3H3,(H,31,36). The molecule has 8 heteroatoms. The first-order chi connectivity index (χ1) is 18.5. The summed E-state index contributed by atoms with van der Waals surface area (Å²) in [7, 11) is 1.41. The van der Waals surface area contributed by atoms with Crippen LogP contribution in [0, 0.1) is 0 Å². The van der Waals surface area contributed by atoms with E-state index in [0.29, 0.717) is 24.6 Å². The molecule has 0 radical (unpaired) electrons. The number of unbranched alkanes of at least 4 members (excludes halogenated alkanes) is 2. The van der Waals surface area contributed by atoms with Gasteiger partial charge in [-0.25, -0.2) is 0 Å². The lowest BCUT2D eigenvalue weighted by Crippen LogP contribution is -2.40. The highest BCUT2D eigenvalue weighted by Crippen LogP contribution is 2.39. The number of hydrogen-bond acceptors (Lipinski definition) is 7. The zero-order chi connectivity index (χ0) is 26.9. The second-order valence-corrected chi connectivity index (χ2v) is 10.1. The van der Waals surface area contributed by atoms with Crippen molar-refractivity contribution in [2.75, 3.05) is 61.6 Å². The van der Waals surface area contributed by atoms with E-state index < -0.39 is 0 Å². The molecule has 0 aliphatic carbocycles. The maximum atomic E-state index is 13.0. The number of rotatable bonds is 11. The van der Waals surface area contributed by atoms with Gasteiger partial charge in [-0.3, -0.25) is 9.59 Å². The smallest absolute Gasteiger partial charge is 0.305 e. The number of anilines is 3. The Bertz CT molecular complexity index is 1070. The van der Waals surface area contributed by atoms with Gasteiger partial charge >= 0.3 is 5.97 Å². The van der Waals surface area contributed by atoms with E-state index in [1.165, 1.54) is 18.5 Å². The third-order valence-electron chi connectivity index (χ3n) is 7.58. The molecule has 0 spiro atoms. The number of hydrogen-bond donors (Lipinski definition) is 2. The van der Waals surface area contributed by atoms with E-state index in [0.717, 1.165) is 69.8 Å². The second kappa shape index (κ2) is 13.5. The monoisotopic (exact) mass is 522 g/mol. The number of ether oxygens (including phenoxy) is 2. The lowest BCUT2D eigenvalue weighted by molar-refractivity contribution is -0.140. The van der Waals surface area contributed by atoms with Gasteiger partial charge in [-0.2, -0.15) is 0 Å². The SMILES string of the molecule is CCN1c2ccc(C(=O)NCCCCCC(=O)OC)cc2C(Nc2ccc(N3CCOCC3)cc2)CC1C. The minimum absolute atomic E-state index is 0.0592. The van der Waals surface area contributed by atoms with Gasteiger partial charge in [0, 0.05) is 61.3 Å². The molecule has 1 amide bonds. The Labute approximate surface area is 226 Å². The Morgan fingerprint density at radius 3 is 2.53 bits per heavy atom. The van der Waals surface area contributed by atoms with E-state index in [1.807, 2.05) is 6.07 Å². The van der Waals surface area contributed by atoms with Gasteiger partial charge in [-0.15, -0.1) is 0 Å². The molecule has 0 aromatic heterocycles. The fourth-order valence-electron chi connectivity index (χ4n) is 5.46. The largest absolute Gasteiger partial charge is 0.469 e. The molecule has 2 aliphatic heterocycles. The van der Waals surface area contributed by atoms with Crippen molar-refractivity contribution in [3.8, 4) is 0 Å². The Balaban J connectivity index is 1.42. The van der Waals surface area contributed by atoms with E-state index in [2.05, 4.69) is 75.4 Å². The van der Waals surface area contributed by atoms with Gasteiger partial charge in [0.25, 0.3) is 5.91 Å². The molecule has 1 fully saturated rings. The highest BCUT2D eigenvalue weighted by molar-refractivity contribution is 5.95. The zero-order valence-electron chi connectivity index (χ0n) is 23.0. The first-order valence-corrected chi connectivity index (χ1v) is 13.9. The van der Waals surface area contributed by atoms with Crippen LogP contribution >= 0.6 is 0 Å². The summed E-state index contributed by atoms with van der Waals surface area (Å²) in [6.07, 6.45) is 3.86. The predicted molar refractivity (Wildman–Crippen MR) is 152 cm³/mol. The van der Waals surface area contributed by atoms with E-state index in [1.54, 1.807) is 0 Å². The van der Waals surface area contributed by atoms with Crippen LogP contribution in [0.5, 0.6) is 0 Å². The minimum Gasteiger partial charge on any atom is -0.469 e. The number of morpholine rings is 1. The topological polar surface area (TPSA) is 83.1 Å². The molecule has 0 saturated carbocycles. The van der Waals surface area contributed by atoms with Crippen molar-refractivity contribution in [2.24, 2.45) is 0 Å². The number of carbonyl (C=O) groups excluding carboxylic acids is 2. The van der Waals surface area contributed by atoms with Gasteiger partial charge in [-0.05, 0) is 81.1 Å². The highest BCUT2D eigenvalue weighted by atomic mass is 16.5. The summed E-state index contributed by atoms with van der Waals surface area (Å²) in [5.74, 6) is -0.245. The lowest BCUT2D eigenvalue weighted by atomic mass is 9.90. The fourth-order valence-corrected chi connectivity index (χ4v) is 5.46. The summed E-state index contributed by atoms with van der Waals surface area (Å²) < 4.78 is 10.2. The van der Waals surface area contributed by atoms with Crippen molar-refractivity contribution in [3.05, 3.63) is 53.6 Å². The van der Waals surface area contributed by atoms with Crippen LogP contribution in [0.4, 0.5) is 17.1 Å². The van der Waals surface area contributed by atoms with E-state index in [-0.39, 0.29) is 17.9 Å². The predicted octanol–water partition coefficient (Wildman–Crippen LogP) is 4.76. The van der Waals surface area contributed by atoms with Gasteiger partial charge in [-0.1, -0.05) is 6.42 Å². The molecule has 2 unspecified atom stereocenters. The lowest BCUT2D eigenvalue weighted by Gasteiger charge is -2.41. The molecule has 206 valence electrons. The molecular formula is C30H42N4O4. The average Bonchev–Trinajstić information content (AvgIpc) is 2.95. The molecule has 1 saturated heterocycles. The van der Waals surface area contributed by atoms with Crippen molar-refractivity contribution < 1.29 is 19.1 Å². The number of methoxy groups -OCH3 is 1. The van der Waals surface area contributed by atoms with Crippen molar-refractivity contribution in [1.29, 1.82) is 0 Å². The Kier molecular flexibility index (Phi) is 9.87. The van der Waals surface area contributed by atoms with Crippen LogP contribution in [-0.2, 0) is 14.3 Å². The molecule has 2 atom stereocenters. The van der Waals surface area contributed by atoms with Crippen LogP contribution in [0.25, 0.3) is 0 Å². The molecule has 2 aromatic carbocycles. The van der Waals surface area contributed by atoms with Gasteiger partial charge in [0.05, 0.1) is 26.4 Å². The molecule has 38 heavy (non-hydrogen) atoms. The number of benzene rings is 2. The van der Waals surface area contributed by atoms with Gasteiger partial charge < -0.3 is 29.9 Å². The van der Waals surface area contributed by atoms with Crippen LogP contribution < -0.4 is 20.4 Å². The third kappa shape index (κ3) is 6.98. The van der Waals surface area contributed by atoms with Gasteiger partial charge in [0.15, 0.2) is 0 Å². The summed E-state index contributed by atoms with van der Waals surface area (Å²) in [5, 5.41) is 6.79. The number of nitrogens with zero attached hydrogens (tertiary/aromatic N) is 2. The quantitative estimate of drug-likeness (QED) is 0.325. The van der Waals surface area contributed by atoms with Crippen LogP contribution in [0.15, 0.2) is 42.5 Å². The highest BCUT2D eigenvalue weighted by Gasteiger charge is 2.30. The number of nitrogens with one attached hydrogen (secondary N) is 2. The Hall–Kier alpha value is -3.26. The van der Waals surface area contributed by atoms with Crippen molar-refractivity contribution >= 4 is 28.9 Å². The number of esters is 1. The average molecular weight is 523 g/mol. The molecule has 2 aromatic rings. The van der Waals surface area contributed by atoms with Crippen LogP contribution in [0.2, 0.25) is 0 Å². The number of fused-ring (bicyclic) bond motifs is 1. The van der Waals surface area contributed by atoms with E-state index in [4.69, 9.17) is 4.74 Å². The van der Waals surface area contributed by atoms with Crippen LogP contribution in [0.1, 0.15) is 67.9 Å². The van der Waals surface area contributed by atoms with Crippen molar-refractivity contribution in [2.45, 2.75) is 58.0 Å². The third-order valence-corrected chi connectivity index (χ3v) is 7.58. The van der Waals surface area contributed by atoms with Crippen molar-refractivity contribution in [1.82, 2.24) is 5.32 Å². The minimum atomic E-state index is -0.185. The van der Waals surface area contributed by atoms with E-state index in [9.17, 15) is 9.59 Å².